The molecule has 0 saturated carbocycles. The zero-order valence-electron chi connectivity index (χ0n) is 17.2. The zero-order valence-corrected chi connectivity index (χ0v) is 19.6. The van der Waals surface area contributed by atoms with Crippen LogP contribution in [0.5, 0.6) is 5.75 Å². The van der Waals surface area contributed by atoms with E-state index in [9.17, 15) is 4.39 Å². The van der Waals surface area contributed by atoms with Gasteiger partial charge in [-0.3, -0.25) is 4.99 Å². The Balaban J connectivity index is 0.00000272. The number of aliphatic imine (C=N–C) groups is 1. The molecule has 7 heteroatoms. The van der Waals surface area contributed by atoms with Gasteiger partial charge in [0.1, 0.15) is 17.3 Å². The van der Waals surface area contributed by atoms with Gasteiger partial charge in [-0.25, -0.2) is 4.39 Å². The van der Waals surface area contributed by atoms with Gasteiger partial charge in [0.25, 0.3) is 0 Å². The fraction of sp³-hybridized carbons (Fsp3) is 0.292. The van der Waals surface area contributed by atoms with Gasteiger partial charge in [0.05, 0.1) is 18.9 Å². The van der Waals surface area contributed by atoms with Crippen molar-refractivity contribution in [3.05, 3.63) is 89.6 Å². The molecule has 1 aliphatic rings. The van der Waals surface area contributed by atoms with Gasteiger partial charge < -0.3 is 19.8 Å². The van der Waals surface area contributed by atoms with E-state index in [0.29, 0.717) is 19.7 Å². The molecule has 2 heterocycles. The first kappa shape index (κ1) is 23.1. The topological polar surface area (TPSA) is 58.8 Å². The molecular formula is C24H27FIN3O2. The van der Waals surface area contributed by atoms with Crippen molar-refractivity contribution < 1.29 is 13.5 Å². The predicted octanol–water partition coefficient (Wildman–Crippen LogP) is 4.88. The van der Waals surface area contributed by atoms with Gasteiger partial charge in [0.15, 0.2) is 5.96 Å². The minimum atomic E-state index is -0.216. The second kappa shape index (κ2) is 11.7. The molecule has 164 valence electrons. The highest BCUT2D eigenvalue weighted by Crippen LogP contribution is 2.31. The van der Waals surface area contributed by atoms with Crippen molar-refractivity contribution in [1.29, 1.82) is 0 Å². The number of benzene rings is 2. The Labute approximate surface area is 199 Å². The van der Waals surface area contributed by atoms with Crippen molar-refractivity contribution in [1.82, 2.24) is 10.6 Å². The fourth-order valence-electron chi connectivity index (χ4n) is 3.52. The molecule has 5 nitrogen and oxygen atoms in total. The van der Waals surface area contributed by atoms with Crippen molar-refractivity contribution >= 4 is 29.9 Å². The van der Waals surface area contributed by atoms with Crippen LogP contribution in [-0.4, -0.2) is 25.7 Å². The van der Waals surface area contributed by atoms with E-state index in [4.69, 9.17) is 14.1 Å². The summed E-state index contributed by atoms with van der Waals surface area (Å²) in [5, 5.41) is 6.97. The average molecular weight is 535 g/mol. The van der Waals surface area contributed by atoms with Crippen LogP contribution in [0.2, 0.25) is 0 Å². The van der Waals surface area contributed by atoms with Crippen LogP contribution >= 0.6 is 24.0 Å². The maximum atomic E-state index is 13.1. The van der Waals surface area contributed by atoms with Crippen molar-refractivity contribution in [2.75, 3.05) is 19.7 Å². The number of ether oxygens (including phenoxy) is 1. The Morgan fingerprint density at radius 2 is 1.87 bits per heavy atom. The minimum Gasteiger partial charge on any atom is -0.493 e. The number of fused-ring (bicyclic) bond motifs is 1. The van der Waals surface area contributed by atoms with Crippen LogP contribution in [-0.2, 0) is 12.8 Å². The van der Waals surface area contributed by atoms with Crippen LogP contribution in [0.4, 0.5) is 4.39 Å². The lowest BCUT2D eigenvalue weighted by molar-refractivity contribution is 0.261. The molecule has 1 aliphatic heterocycles. The van der Waals surface area contributed by atoms with E-state index in [1.165, 1.54) is 12.1 Å². The van der Waals surface area contributed by atoms with Crippen LogP contribution in [0.25, 0.3) is 0 Å². The van der Waals surface area contributed by atoms with Crippen molar-refractivity contribution in [2.24, 2.45) is 4.99 Å². The highest BCUT2D eigenvalue weighted by Gasteiger charge is 2.21. The molecule has 0 bridgehead atoms. The van der Waals surface area contributed by atoms with E-state index < -0.39 is 0 Å². The van der Waals surface area contributed by atoms with Crippen LogP contribution in [0.1, 0.15) is 29.3 Å². The highest BCUT2D eigenvalue weighted by molar-refractivity contribution is 14.0. The molecule has 31 heavy (non-hydrogen) atoms. The van der Waals surface area contributed by atoms with Crippen molar-refractivity contribution in [3.63, 3.8) is 0 Å². The quantitative estimate of drug-likeness (QED) is 0.257. The summed E-state index contributed by atoms with van der Waals surface area (Å²) in [6.07, 6.45) is 4.07. The Bertz CT molecular complexity index is 961. The number of guanidine groups is 1. The second-order valence-electron chi connectivity index (χ2n) is 7.23. The van der Waals surface area contributed by atoms with Crippen LogP contribution in [0.15, 0.2) is 76.3 Å². The number of hydrogen-bond acceptors (Lipinski definition) is 3. The number of nitrogens with one attached hydrogen (secondary N) is 2. The summed E-state index contributed by atoms with van der Waals surface area (Å²) < 4.78 is 24.3. The molecule has 1 atom stereocenters. The zero-order chi connectivity index (χ0) is 20.6. The standard InChI is InChI=1S/C24H26FN3O2.HI/c25-19-9-7-18(8-10-19)11-14-26-24(27-15-12-20-4-3-16-29-20)28-22-13-17-30-23-6-2-1-5-21(22)23;/h1-10,16,22H,11-15,17H2,(H2,26,27,28);1H. The molecule has 2 N–H and O–H groups in total. The molecule has 0 spiro atoms. The fourth-order valence-corrected chi connectivity index (χ4v) is 3.52. The number of rotatable bonds is 7. The largest absolute Gasteiger partial charge is 0.493 e. The number of furan rings is 1. The van der Waals surface area contributed by atoms with Gasteiger partial charge in [0.2, 0.25) is 0 Å². The average Bonchev–Trinajstić information content (AvgIpc) is 3.29. The normalized spacial score (nSPS) is 15.4. The molecule has 0 aliphatic carbocycles. The second-order valence-corrected chi connectivity index (χ2v) is 7.23. The van der Waals surface area contributed by atoms with Gasteiger partial charge in [-0.2, -0.15) is 0 Å². The van der Waals surface area contributed by atoms with E-state index in [2.05, 4.69) is 16.7 Å². The Hall–Kier alpha value is -2.55. The molecule has 3 aromatic rings. The first-order valence-corrected chi connectivity index (χ1v) is 10.3. The Morgan fingerprint density at radius 1 is 1.03 bits per heavy atom. The smallest absolute Gasteiger partial charge is 0.191 e. The SMILES string of the molecule is Fc1ccc(CCNC(=NCCc2ccco2)NC2CCOc3ccccc32)cc1.I. The monoisotopic (exact) mass is 535 g/mol. The summed E-state index contributed by atoms with van der Waals surface area (Å²) >= 11 is 0. The van der Waals surface area contributed by atoms with Gasteiger partial charge in [-0.05, 0) is 42.3 Å². The number of halogens is 2. The Kier molecular flexibility index (Phi) is 8.75. The lowest BCUT2D eigenvalue weighted by Crippen LogP contribution is -2.42. The first-order chi connectivity index (χ1) is 14.8. The molecule has 4 rings (SSSR count). The van der Waals surface area contributed by atoms with Gasteiger partial charge >= 0.3 is 0 Å². The summed E-state index contributed by atoms with van der Waals surface area (Å²) in [7, 11) is 0. The molecule has 0 fully saturated rings. The summed E-state index contributed by atoms with van der Waals surface area (Å²) in [4.78, 5) is 4.74. The van der Waals surface area contributed by atoms with E-state index >= 15 is 0 Å². The number of para-hydroxylation sites is 1. The Morgan fingerprint density at radius 3 is 2.68 bits per heavy atom. The predicted molar refractivity (Wildman–Crippen MR) is 131 cm³/mol. The van der Waals surface area contributed by atoms with E-state index in [1.54, 1.807) is 6.26 Å². The highest BCUT2D eigenvalue weighted by atomic mass is 127. The van der Waals surface area contributed by atoms with Crippen molar-refractivity contribution in [2.45, 2.75) is 25.3 Å². The minimum absolute atomic E-state index is 0. The molecular weight excluding hydrogens is 508 g/mol. The van der Waals surface area contributed by atoms with E-state index in [-0.39, 0.29) is 35.8 Å². The summed E-state index contributed by atoms with van der Waals surface area (Å²) in [5.74, 6) is 2.38. The summed E-state index contributed by atoms with van der Waals surface area (Å²) in [6, 6.07) is 18.7. The van der Waals surface area contributed by atoms with Crippen molar-refractivity contribution in [3.8, 4) is 5.75 Å². The van der Waals surface area contributed by atoms with Gasteiger partial charge in [0, 0.05) is 31.5 Å². The van der Waals surface area contributed by atoms with E-state index in [1.807, 2.05) is 42.5 Å². The lowest BCUT2D eigenvalue weighted by Gasteiger charge is -2.28. The van der Waals surface area contributed by atoms with E-state index in [0.717, 1.165) is 47.9 Å². The lowest BCUT2D eigenvalue weighted by atomic mass is 10.0. The van der Waals surface area contributed by atoms with Gasteiger partial charge in [-0.1, -0.05) is 30.3 Å². The van der Waals surface area contributed by atoms with Crippen LogP contribution in [0, 0.1) is 5.82 Å². The number of hydrogen-bond donors (Lipinski definition) is 2. The van der Waals surface area contributed by atoms with Crippen LogP contribution in [0.3, 0.4) is 0 Å². The molecule has 2 aromatic carbocycles. The summed E-state index contributed by atoms with van der Waals surface area (Å²) in [5.41, 5.74) is 2.22. The van der Waals surface area contributed by atoms with Crippen LogP contribution < -0.4 is 15.4 Å². The summed E-state index contributed by atoms with van der Waals surface area (Å²) in [6.45, 7) is 1.98. The maximum Gasteiger partial charge on any atom is 0.191 e. The molecule has 1 unspecified atom stereocenters. The van der Waals surface area contributed by atoms with Gasteiger partial charge in [-0.15, -0.1) is 24.0 Å². The molecule has 0 radical (unpaired) electrons. The molecule has 1 aromatic heterocycles. The maximum absolute atomic E-state index is 13.1. The third-order valence-corrected chi connectivity index (χ3v) is 5.10. The third-order valence-electron chi connectivity index (χ3n) is 5.10. The number of nitrogens with zero attached hydrogens (tertiary/aromatic N) is 1. The first-order valence-electron chi connectivity index (χ1n) is 10.3. The molecule has 0 saturated heterocycles. The molecule has 0 amide bonds. The third kappa shape index (κ3) is 6.72.